The van der Waals surface area contributed by atoms with E-state index in [0.29, 0.717) is 0 Å². The van der Waals surface area contributed by atoms with Gasteiger partial charge in [0, 0.05) is 18.0 Å². The van der Waals surface area contributed by atoms with Gasteiger partial charge < -0.3 is 5.32 Å². The highest BCUT2D eigenvalue weighted by Crippen LogP contribution is 2.13. The molecule has 0 amide bonds. The third-order valence-corrected chi connectivity index (χ3v) is 2.72. The zero-order chi connectivity index (χ0) is 10.4. The van der Waals surface area contributed by atoms with Gasteiger partial charge in [0.05, 0.1) is 0 Å². The number of benzene rings is 1. The second-order valence-corrected chi connectivity index (χ2v) is 4.53. The van der Waals surface area contributed by atoms with Crippen LogP contribution in [0.3, 0.4) is 0 Å². The van der Waals surface area contributed by atoms with Crippen molar-refractivity contribution >= 4 is 17.4 Å². The summed E-state index contributed by atoms with van der Waals surface area (Å²) in [5.41, 5.74) is 1.83. The van der Waals surface area contributed by atoms with Crippen LogP contribution in [0.1, 0.15) is 12.5 Å². The Hall–Kier alpha value is -0.700. The van der Waals surface area contributed by atoms with Gasteiger partial charge in [0.25, 0.3) is 0 Å². The molecule has 0 saturated heterocycles. The molecule has 0 unspecified atom stereocenters. The van der Waals surface area contributed by atoms with Gasteiger partial charge in [0.15, 0.2) is 0 Å². The van der Waals surface area contributed by atoms with E-state index in [1.54, 1.807) is 0 Å². The molecule has 14 heavy (non-hydrogen) atoms. The number of rotatable bonds is 5. The van der Waals surface area contributed by atoms with Gasteiger partial charge in [0.2, 0.25) is 0 Å². The quantitative estimate of drug-likeness (QED) is 0.753. The second-order valence-electron chi connectivity index (χ2n) is 3.14. The fraction of sp³-hybridized carbons (Fsp3) is 0.455. The molecule has 1 nitrogen and oxygen atoms in total. The molecule has 0 atom stereocenters. The van der Waals surface area contributed by atoms with Crippen LogP contribution in [0, 0.1) is 12.7 Å². The maximum Gasteiger partial charge on any atom is 0.125 e. The molecule has 0 saturated carbocycles. The minimum Gasteiger partial charge on any atom is -0.384 e. The molecule has 0 spiro atoms. The van der Waals surface area contributed by atoms with E-state index in [-0.39, 0.29) is 5.82 Å². The van der Waals surface area contributed by atoms with Crippen molar-refractivity contribution in [1.82, 2.24) is 0 Å². The van der Waals surface area contributed by atoms with Crippen LogP contribution in [0.15, 0.2) is 18.2 Å². The van der Waals surface area contributed by atoms with Crippen LogP contribution >= 0.6 is 11.8 Å². The topological polar surface area (TPSA) is 12.0 Å². The van der Waals surface area contributed by atoms with Crippen LogP contribution in [0.4, 0.5) is 10.1 Å². The number of anilines is 1. The largest absolute Gasteiger partial charge is 0.384 e. The predicted octanol–water partition coefficient (Wildman–Crippen LogP) is 3.30. The molecule has 0 aliphatic heterocycles. The molecule has 3 heteroatoms. The van der Waals surface area contributed by atoms with Crippen molar-refractivity contribution in [1.29, 1.82) is 0 Å². The lowest BCUT2D eigenvalue weighted by Gasteiger charge is -2.06. The molecular weight excluding hydrogens is 197 g/mol. The summed E-state index contributed by atoms with van der Waals surface area (Å²) >= 11 is 1.88. The highest BCUT2D eigenvalue weighted by atomic mass is 32.2. The molecule has 0 aliphatic rings. The molecule has 1 aromatic carbocycles. The summed E-state index contributed by atoms with van der Waals surface area (Å²) in [7, 11) is 0. The molecule has 1 aromatic rings. The Morgan fingerprint density at radius 1 is 1.36 bits per heavy atom. The fourth-order valence-corrected chi connectivity index (χ4v) is 1.79. The minimum absolute atomic E-state index is 0.171. The second kappa shape index (κ2) is 5.91. The van der Waals surface area contributed by atoms with Crippen molar-refractivity contribution in [3.8, 4) is 0 Å². The van der Waals surface area contributed by atoms with Gasteiger partial charge in [-0.25, -0.2) is 4.39 Å². The van der Waals surface area contributed by atoms with E-state index < -0.39 is 0 Å². The van der Waals surface area contributed by atoms with Crippen molar-refractivity contribution in [3.63, 3.8) is 0 Å². The van der Waals surface area contributed by atoms with Gasteiger partial charge in [-0.2, -0.15) is 11.8 Å². The fourth-order valence-electron chi connectivity index (χ4n) is 1.25. The predicted molar refractivity (Wildman–Crippen MR) is 62.6 cm³/mol. The Balaban J connectivity index is 2.42. The lowest BCUT2D eigenvalue weighted by Crippen LogP contribution is -2.04. The van der Waals surface area contributed by atoms with Gasteiger partial charge >= 0.3 is 0 Å². The monoisotopic (exact) mass is 213 g/mol. The van der Waals surface area contributed by atoms with Gasteiger partial charge in [0.1, 0.15) is 5.82 Å². The SMILES string of the molecule is CCSCCNc1cc(C)cc(F)c1. The number of halogens is 1. The molecule has 0 heterocycles. The van der Waals surface area contributed by atoms with E-state index in [2.05, 4.69) is 12.2 Å². The van der Waals surface area contributed by atoms with Crippen molar-refractivity contribution in [2.45, 2.75) is 13.8 Å². The highest BCUT2D eigenvalue weighted by molar-refractivity contribution is 7.99. The Morgan fingerprint density at radius 3 is 2.79 bits per heavy atom. The molecule has 0 bridgehead atoms. The lowest BCUT2D eigenvalue weighted by molar-refractivity contribution is 0.627. The summed E-state index contributed by atoms with van der Waals surface area (Å²) in [6.45, 7) is 4.92. The van der Waals surface area contributed by atoms with Gasteiger partial charge in [-0.1, -0.05) is 6.92 Å². The first kappa shape index (κ1) is 11.4. The smallest absolute Gasteiger partial charge is 0.125 e. The summed E-state index contributed by atoms with van der Waals surface area (Å²) in [5.74, 6) is 2.02. The lowest BCUT2D eigenvalue weighted by atomic mass is 10.2. The summed E-state index contributed by atoms with van der Waals surface area (Å²) < 4.78 is 13.0. The number of aryl methyl sites for hydroxylation is 1. The molecular formula is C11H16FNS. The molecule has 0 aromatic heterocycles. The summed E-state index contributed by atoms with van der Waals surface area (Å²) in [6.07, 6.45) is 0. The van der Waals surface area contributed by atoms with E-state index in [1.807, 2.05) is 24.8 Å². The third kappa shape index (κ3) is 4.01. The Labute approximate surface area is 89.1 Å². The van der Waals surface area contributed by atoms with Crippen LogP contribution in [0.2, 0.25) is 0 Å². The van der Waals surface area contributed by atoms with E-state index in [1.165, 1.54) is 12.1 Å². The van der Waals surface area contributed by atoms with Crippen molar-refractivity contribution < 1.29 is 4.39 Å². The molecule has 0 radical (unpaired) electrons. The average Bonchev–Trinajstić information content (AvgIpc) is 2.11. The maximum absolute atomic E-state index is 13.0. The standard InChI is InChI=1S/C11H16FNS/c1-3-14-5-4-13-11-7-9(2)6-10(12)8-11/h6-8,13H,3-5H2,1-2H3. The van der Waals surface area contributed by atoms with E-state index in [4.69, 9.17) is 0 Å². The van der Waals surface area contributed by atoms with E-state index >= 15 is 0 Å². The first-order valence-electron chi connectivity index (χ1n) is 4.81. The summed E-state index contributed by atoms with van der Waals surface area (Å²) in [4.78, 5) is 0. The molecule has 1 N–H and O–H groups in total. The number of thioether (sulfide) groups is 1. The number of hydrogen-bond donors (Lipinski definition) is 1. The normalized spacial score (nSPS) is 10.2. The molecule has 0 aliphatic carbocycles. The first-order chi connectivity index (χ1) is 6.72. The molecule has 78 valence electrons. The van der Waals surface area contributed by atoms with E-state index in [9.17, 15) is 4.39 Å². The third-order valence-electron chi connectivity index (χ3n) is 1.82. The van der Waals surface area contributed by atoms with Crippen molar-refractivity contribution in [2.24, 2.45) is 0 Å². The van der Waals surface area contributed by atoms with Crippen LogP contribution in [0.5, 0.6) is 0 Å². The van der Waals surface area contributed by atoms with Crippen LogP contribution in [0.25, 0.3) is 0 Å². The van der Waals surface area contributed by atoms with Crippen LogP contribution in [-0.4, -0.2) is 18.1 Å². The van der Waals surface area contributed by atoms with Crippen LogP contribution in [-0.2, 0) is 0 Å². The first-order valence-corrected chi connectivity index (χ1v) is 5.96. The molecule has 0 fully saturated rings. The summed E-state index contributed by atoms with van der Waals surface area (Å²) in [6, 6.07) is 5.02. The Bertz CT molecular complexity index is 268. The number of hydrogen-bond acceptors (Lipinski definition) is 2. The Kier molecular flexibility index (Phi) is 4.80. The maximum atomic E-state index is 13.0. The Morgan fingerprint density at radius 2 is 2.14 bits per heavy atom. The average molecular weight is 213 g/mol. The molecule has 1 rings (SSSR count). The van der Waals surface area contributed by atoms with Gasteiger partial charge in [-0.05, 0) is 36.4 Å². The summed E-state index contributed by atoms with van der Waals surface area (Å²) in [5, 5.41) is 3.20. The zero-order valence-electron chi connectivity index (χ0n) is 8.64. The van der Waals surface area contributed by atoms with Gasteiger partial charge in [-0.3, -0.25) is 0 Å². The van der Waals surface area contributed by atoms with Crippen molar-refractivity contribution in [2.75, 3.05) is 23.4 Å². The van der Waals surface area contributed by atoms with Crippen LogP contribution < -0.4 is 5.32 Å². The highest BCUT2D eigenvalue weighted by Gasteiger charge is 1.96. The van der Waals surface area contributed by atoms with E-state index in [0.717, 1.165) is 29.3 Å². The zero-order valence-corrected chi connectivity index (χ0v) is 9.46. The van der Waals surface area contributed by atoms with Gasteiger partial charge in [-0.15, -0.1) is 0 Å². The number of nitrogens with one attached hydrogen (secondary N) is 1. The minimum atomic E-state index is -0.171. The van der Waals surface area contributed by atoms with Crippen molar-refractivity contribution in [3.05, 3.63) is 29.6 Å².